The minimum absolute atomic E-state index is 0.420. The number of thiol groups is 1. The molecule has 0 bridgehead atoms. The standard InChI is InChI=1S/C8H17NOS/c1-8-7-9(3-2-6-11)4-5-10-8/h8,11H,2-7H2,1H3/t8-/m0/s1. The van der Waals surface area contributed by atoms with E-state index in [0.29, 0.717) is 6.10 Å². The molecule has 0 saturated carbocycles. The van der Waals surface area contributed by atoms with Gasteiger partial charge in [0.2, 0.25) is 0 Å². The molecule has 11 heavy (non-hydrogen) atoms. The fourth-order valence-electron chi connectivity index (χ4n) is 1.39. The number of hydrogen-bond acceptors (Lipinski definition) is 3. The van der Waals surface area contributed by atoms with Crippen molar-refractivity contribution in [2.24, 2.45) is 0 Å². The Balaban J connectivity index is 2.12. The second-order valence-corrected chi connectivity index (χ2v) is 3.51. The van der Waals surface area contributed by atoms with E-state index in [0.717, 1.165) is 25.4 Å². The summed E-state index contributed by atoms with van der Waals surface area (Å²) in [5.41, 5.74) is 0. The minimum atomic E-state index is 0.420. The first-order valence-corrected chi connectivity index (χ1v) is 4.91. The zero-order valence-electron chi connectivity index (χ0n) is 7.12. The van der Waals surface area contributed by atoms with E-state index >= 15 is 0 Å². The lowest BCUT2D eigenvalue weighted by atomic mass is 10.3. The molecule has 0 spiro atoms. The normalized spacial score (nSPS) is 27.3. The largest absolute Gasteiger partial charge is 0.376 e. The lowest BCUT2D eigenvalue weighted by molar-refractivity contribution is -0.0179. The van der Waals surface area contributed by atoms with Crippen LogP contribution in [0.2, 0.25) is 0 Å². The van der Waals surface area contributed by atoms with E-state index in [9.17, 15) is 0 Å². The second kappa shape index (κ2) is 5.01. The minimum Gasteiger partial charge on any atom is -0.376 e. The van der Waals surface area contributed by atoms with E-state index in [1.807, 2.05) is 0 Å². The molecule has 0 aromatic carbocycles. The molecule has 0 aliphatic carbocycles. The van der Waals surface area contributed by atoms with E-state index in [4.69, 9.17) is 4.74 Å². The summed E-state index contributed by atoms with van der Waals surface area (Å²) in [5, 5.41) is 0. The second-order valence-electron chi connectivity index (χ2n) is 3.06. The Kier molecular flexibility index (Phi) is 4.26. The van der Waals surface area contributed by atoms with E-state index in [1.54, 1.807) is 0 Å². The zero-order chi connectivity index (χ0) is 8.10. The van der Waals surface area contributed by atoms with Gasteiger partial charge in [0, 0.05) is 13.1 Å². The van der Waals surface area contributed by atoms with Crippen molar-refractivity contribution in [3.05, 3.63) is 0 Å². The van der Waals surface area contributed by atoms with Crippen LogP contribution in [0.4, 0.5) is 0 Å². The van der Waals surface area contributed by atoms with Crippen LogP contribution in [0, 0.1) is 0 Å². The van der Waals surface area contributed by atoms with Crippen LogP contribution in [0.15, 0.2) is 0 Å². The molecule has 1 rings (SSSR count). The summed E-state index contributed by atoms with van der Waals surface area (Å²) in [6.45, 7) is 6.39. The number of nitrogens with zero attached hydrogens (tertiary/aromatic N) is 1. The van der Waals surface area contributed by atoms with Crippen molar-refractivity contribution in [2.75, 3.05) is 32.0 Å². The van der Waals surface area contributed by atoms with Crippen molar-refractivity contribution >= 4 is 12.6 Å². The predicted molar refractivity (Wildman–Crippen MR) is 50.3 cm³/mol. The first-order valence-electron chi connectivity index (χ1n) is 4.27. The van der Waals surface area contributed by atoms with Gasteiger partial charge in [-0.05, 0) is 25.6 Å². The van der Waals surface area contributed by atoms with E-state index in [-0.39, 0.29) is 0 Å². The first kappa shape index (κ1) is 9.36. The lowest BCUT2D eigenvalue weighted by Gasteiger charge is -2.30. The van der Waals surface area contributed by atoms with Gasteiger partial charge < -0.3 is 4.74 Å². The summed E-state index contributed by atoms with van der Waals surface area (Å²) in [7, 11) is 0. The molecule has 1 fully saturated rings. The van der Waals surface area contributed by atoms with Gasteiger partial charge in [-0.3, -0.25) is 4.90 Å². The fourth-order valence-corrected chi connectivity index (χ4v) is 1.53. The Morgan fingerprint density at radius 3 is 3.09 bits per heavy atom. The van der Waals surface area contributed by atoms with Gasteiger partial charge in [0.25, 0.3) is 0 Å². The van der Waals surface area contributed by atoms with Gasteiger partial charge in [-0.1, -0.05) is 0 Å². The van der Waals surface area contributed by atoms with Gasteiger partial charge in [-0.15, -0.1) is 0 Å². The molecule has 3 heteroatoms. The maximum absolute atomic E-state index is 5.43. The maximum Gasteiger partial charge on any atom is 0.0674 e. The summed E-state index contributed by atoms with van der Waals surface area (Å²) in [5.74, 6) is 0.992. The number of morpholine rings is 1. The van der Waals surface area contributed by atoms with Crippen molar-refractivity contribution in [3.63, 3.8) is 0 Å². The average molecular weight is 175 g/mol. The molecule has 0 aromatic rings. The van der Waals surface area contributed by atoms with Crippen molar-refractivity contribution in [1.82, 2.24) is 4.90 Å². The van der Waals surface area contributed by atoms with Crippen LogP contribution in [-0.4, -0.2) is 43.0 Å². The molecule has 0 unspecified atom stereocenters. The SMILES string of the molecule is C[C@H]1CN(CCCS)CCO1. The van der Waals surface area contributed by atoms with Crippen LogP contribution in [0.3, 0.4) is 0 Å². The molecule has 1 aliphatic heterocycles. The molecule has 0 radical (unpaired) electrons. The van der Waals surface area contributed by atoms with E-state index in [1.165, 1.54) is 13.0 Å². The Hall–Kier alpha value is 0.270. The summed E-state index contributed by atoms with van der Waals surface area (Å²) < 4.78 is 5.43. The third-order valence-corrected chi connectivity index (χ3v) is 2.27. The summed E-state index contributed by atoms with van der Waals surface area (Å²) in [4.78, 5) is 2.45. The zero-order valence-corrected chi connectivity index (χ0v) is 8.02. The lowest BCUT2D eigenvalue weighted by Crippen LogP contribution is -2.41. The van der Waals surface area contributed by atoms with Gasteiger partial charge in [0.15, 0.2) is 0 Å². The van der Waals surface area contributed by atoms with Gasteiger partial charge in [-0.2, -0.15) is 12.6 Å². The Morgan fingerprint density at radius 1 is 1.64 bits per heavy atom. The monoisotopic (exact) mass is 175 g/mol. The van der Waals surface area contributed by atoms with Crippen LogP contribution in [0.25, 0.3) is 0 Å². The van der Waals surface area contributed by atoms with Crippen molar-refractivity contribution in [2.45, 2.75) is 19.4 Å². The van der Waals surface area contributed by atoms with Gasteiger partial charge in [0.1, 0.15) is 0 Å². The van der Waals surface area contributed by atoms with Crippen LogP contribution >= 0.6 is 12.6 Å². The summed E-state index contributed by atoms with van der Waals surface area (Å²) in [6.07, 6.45) is 1.61. The number of hydrogen-bond donors (Lipinski definition) is 1. The Bertz CT molecular complexity index is 110. The van der Waals surface area contributed by atoms with Gasteiger partial charge in [0.05, 0.1) is 12.7 Å². The Morgan fingerprint density at radius 2 is 2.45 bits per heavy atom. The molecular weight excluding hydrogens is 158 g/mol. The fraction of sp³-hybridized carbons (Fsp3) is 1.00. The van der Waals surface area contributed by atoms with Crippen LogP contribution < -0.4 is 0 Å². The molecule has 0 N–H and O–H groups in total. The van der Waals surface area contributed by atoms with Crippen LogP contribution in [0.1, 0.15) is 13.3 Å². The highest BCUT2D eigenvalue weighted by atomic mass is 32.1. The molecule has 1 saturated heterocycles. The Labute approximate surface area is 74.3 Å². The highest BCUT2D eigenvalue weighted by molar-refractivity contribution is 7.80. The first-order chi connectivity index (χ1) is 5.33. The summed E-state index contributed by atoms with van der Waals surface area (Å²) in [6, 6.07) is 0. The third-order valence-electron chi connectivity index (χ3n) is 1.96. The van der Waals surface area contributed by atoms with Crippen molar-refractivity contribution < 1.29 is 4.74 Å². The molecule has 1 atom stereocenters. The highest BCUT2D eigenvalue weighted by Crippen LogP contribution is 2.04. The summed E-state index contributed by atoms with van der Waals surface area (Å²) >= 11 is 4.18. The molecule has 1 aliphatic rings. The third kappa shape index (κ3) is 3.45. The van der Waals surface area contributed by atoms with Crippen molar-refractivity contribution in [3.8, 4) is 0 Å². The van der Waals surface area contributed by atoms with Crippen molar-refractivity contribution in [1.29, 1.82) is 0 Å². The van der Waals surface area contributed by atoms with E-state index in [2.05, 4.69) is 24.5 Å². The molecule has 0 amide bonds. The average Bonchev–Trinajstić information content (AvgIpc) is 2.01. The molecule has 0 aromatic heterocycles. The van der Waals surface area contributed by atoms with Crippen LogP contribution in [-0.2, 0) is 4.74 Å². The predicted octanol–water partition coefficient (Wildman–Crippen LogP) is 1.03. The van der Waals surface area contributed by atoms with E-state index < -0.39 is 0 Å². The topological polar surface area (TPSA) is 12.5 Å². The molecule has 2 nitrogen and oxygen atoms in total. The van der Waals surface area contributed by atoms with Gasteiger partial charge >= 0.3 is 0 Å². The highest BCUT2D eigenvalue weighted by Gasteiger charge is 2.15. The molecular formula is C8H17NOS. The number of rotatable bonds is 3. The molecule has 1 heterocycles. The smallest absolute Gasteiger partial charge is 0.0674 e. The number of ether oxygens (including phenoxy) is 1. The van der Waals surface area contributed by atoms with Crippen LogP contribution in [0.5, 0.6) is 0 Å². The van der Waals surface area contributed by atoms with Gasteiger partial charge in [-0.25, -0.2) is 0 Å². The maximum atomic E-state index is 5.43. The quantitative estimate of drug-likeness (QED) is 0.643. The molecule has 66 valence electrons.